The Morgan fingerprint density at radius 3 is 2.68 bits per heavy atom. The molecule has 3 amide bonds. The normalized spacial score (nSPS) is 22.9. The number of nitrogens with one attached hydrogen (secondary N) is 2. The van der Waals surface area contributed by atoms with Gasteiger partial charge in [-0.15, -0.1) is 5.10 Å². The first-order valence-corrected chi connectivity index (χ1v) is 10.8. The lowest BCUT2D eigenvalue weighted by Crippen LogP contribution is -2.52. The van der Waals surface area contributed by atoms with Crippen molar-refractivity contribution in [3.63, 3.8) is 0 Å². The van der Waals surface area contributed by atoms with Gasteiger partial charge < -0.3 is 10.2 Å². The predicted molar refractivity (Wildman–Crippen MR) is 110 cm³/mol. The number of rotatable bonds is 4. The molecule has 0 bridgehead atoms. The monoisotopic (exact) mass is 423 g/mol. The number of aryl methyl sites for hydroxylation is 1. The van der Waals surface area contributed by atoms with Gasteiger partial charge in [0.05, 0.1) is 5.54 Å². The number of aromatic nitrogens is 4. The number of amides is 3. The number of hydrogen-bond donors (Lipinski definition) is 2. The largest absolute Gasteiger partial charge is 0.373 e. The van der Waals surface area contributed by atoms with Crippen molar-refractivity contribution in [3.05, 3.63) is 35.2 Å². The first-order chi connectivity index (χ1) is 15.0. The van der Waals surface area contributed by atoms with E-state index in [9.17, 15) is 14.4 Å². The van der Waals surface area contributed by atoms with Crippen molar-refractivity contribution in [3.8, 4) is 0 Å². The van der Waals surface area contributed by atoms with Crippen LogP contribution in [0.2, 0.25) is 0 Å². The summed E-state index contributed by atoms with van der Waals surface area (Å²) in [4.78, 5) is 38.4. The number of carbonyl (C=O) groups is 3. The van der Waals surface area contributed by atoms with Crippen LogP contribution in [0.1, 0.15) is 66.7 Å². The molecule has 2 aromatic rings. The van der Waals surface area contributed by atoms with Gasteiger partial charge in [0.2, 0.25) is 11.8 Å². The average molecular weight is 423 g/mol. The van der Waals surface area contributed by atoms with Crippen LogP contribution in [0.5, 0.6) is 0 Å². The van der Waals surface area contributed by atoms with E-state index in [1.165, 1.54) is 6.42 Å². The first-order valence-electron chi connectivity index (χ1n) is 10.8. The van der Waals surface area contributed by atoms with Crippen LogP contribution in [0.4, 0.5) is 5.69 Å². The minimum atomic E-state index is -0.608. The SMILES string of the molecule is Cn1nnnc1C1(Nc2ccc3c(c2)C(=O)N(C2CCC(=O)NC2=O)C3)CCCCC1. The van der Waals surface area contributed by atoms with E-state index in [2.05, 4.69) is 26.2 Å². The third-order valence-corrected chi connectivity index (χ3v) is 6.67. The number of fused-ring (bicyclic) bond motifs is 1. The number of imide groups is 1. The van der Waals surface area contributed by atoms with Crippen molar-refractivity contribution in [2.75, 3.05) is 5.32 Å². The summed E-state index contributed by atoms with van der Waals surface area (Å²) >= 11 is 0. The number of benzene rings is 1. The van der Waals surface area contributed by atoms with Gasteiger partial charge in [-0.05, 0) is 47.4 Å². The number of anilines is 1. The molecule has 2 N–H and O–H groups in total. The highest BCUT2D eigenvalue weighted by Gasteiger charge is 2.41. The quantitative estimate of drug-likeness (QED) is 0.710. The Balaban J connectivity index is 1.41. The number of carbonyl (C=O) groups excluding carboxylic acids is 3. The van der Waals surface area contributed by atoms with Crippen LogP contribution in [-0.4, -0.2) is 48.9 Å². The minimum Gasteiger partial charge on any atom is -0.373 e. The van der Waals surface area contributed by atoms with E-state index in [0.29, 0.717) is 18.5 Å². The smallest absolute Gasteiger partial charge is 0.255 e. The van der Waals surface area contributed by atoms with Gasteiger partial charge in [-0.2, -0.15) is 0 Å². The van der Waals surface area contributed by atoms with Crippen LogP contribution in [0, 0.1) is 0 Å². The highest BCUT2D eigenvalue weighted by atomic mass is 16.2. The van der Waals surface area contributed by atoms with Crippen LogP contribution in [-0.2, 0) is 28.7 Å². The van der Waals surface area contributed by atoms with Gasteiger partial charge >= 0.3 is 0 Å². The molecular formula is C21H25N7O3. The second-order valence-corrected chi connectivity index (χ2v) is 8.67. The fourth-order valence-corrected chi connectivity index (χ4v) is 5.10. The van der Waals surface area contributed by atoms with E-state index in [-0.39, 0.29) is 23.8 Å². The van der Waals surface area contributed by atoms with Crippen molar-refractivity contribution < 1.29 is 14.4 Å². The molecule has 1 saturated heterocycles. The maximum Gasteiger partial charge on any atom is 0.255 e. The molecular weight excluding hydrogens is 398 g/mol. The predicted octanol–water partition coefficient (Wildman–Crippen LogP) is 1.24. The first kappa shape index (κ1) is 19.7. The van der Waals surface area contributed by atoms with Gasteiger partial charge in [0.15, 0.2) is 5.82 Å². The molecule has 1 unspecified atom stereocenters. The highest BCUT2D eigenvalue weighted by Crippen LogP contribution is 2.39. The molecule has 1 saturated carbocycles. The molecule has 162 valence electrons. The van der Waals surface area contributed by atoms with Gasteiger partial charge in [-0.25, -0.2) is 4.68 Å². The van der Waals surface area contributed by atoms with Gasteiger partial charge in [-0.3, -0.25) is 19.7 Å². The Hall–Kier alpha value is -3.30. The number of tetrazole rings is 1. The summed E-state index contributed by atoms with van der Waals surface area (Å²) in [6.07, 6.45) is 5.76. The number of nitrogens with zero attached hydrogens (tertiary/aromatic N) is 5. The van der Waals surface area contributed by atoms with Crippen LogP contribution in [0.3, 0.4) is 0 Å². The third-order valence-electron chi connectivity index (χ3n) is 6.67. The lowest BCUT2D eigenvalue weighted by molar-refractivity contribution is -0.136. The summed E-state index contributed by atoms with van der Waals surface area (Å²) in [7, 11) is 1.84. The zero-order valence-corrected chi connectivity index (χ0v) is 17.4. The van der Waals surface area contributed by atoms with Gasteiger partial charge in [0.25, 0.3) is 5.91 Å². The zero-order valence-electron chi connectivity index (χ0n) is 17.4. The summed E-state index contributed by atoms with van der Waals surface area (Å²) in [6, 6.07) is 5.17. The Morgan fingerprint density at radius 1 is 1.16 bits per heavy atom. The van der Waals surface area contributed by atoms with Crippen molar-refractivity contribution in [2.24, 2.45) is 7.05 Å². The lowest BCUT2D eigenvalue weighted by atomic mass is 9.80. The molecule has 10 heteroatoms. The molecule has 10 nitrogen and oxygen atoms in total. The van der Waals surface area contributed by atoms with Crippen LogP contribution in [0.25, 0.3) is 0 Å². The maximum atomic E-state index is 13.1. The van der Waals surface area contributed by atoms with Gasteiger partial charge in [0.1, 0.15) is 6.04 Å². The molecule has 0 spiro atoms. The number of hydrogen-bond acceptors (Lipinski definition) is 7. The van der Waals surface area contributed by atoms with E-state index < -0.39 is 11.9 Å². The Bertz CT molecular complexity index is 1060. The van der Waals surface area contributed by atoms with Crippen LogP contribution in [0.15, 0.2) is 18.2 Å². The molecule has 3 aliphatic rings. The molecule has 1 aromatic heterocycles. The molecule has 0 radical (unpaired) electrons. The number of piperidine rings is 1. The Kier molecular flexibility index (Phi) is 4.71. The van der Waals surface area contributed by atoms with Crippen molar-refractivity contribution in [1.82, 2.24) is 30.4 Å². The van der Waals surface area contributed by atoms with Gasteiger partial charge in [0, 0.05) is 31.3 Å². The van der Waals surface area contributed by atoms with E-state index in [4.69, 9.17) is 0 Å². The maximum absolute atomic E-state index is 13.1. The Morgan fingerprint density at radius 2 is 1.97 bits per heavy atom. The summed E-state index contributed by atoms with van der Waals surface area (Å²) < 4.78 is 1.71. The van der Waals surface area contributed by atoms with E-state index in [1.807, 2.05) is 25.2 Å². The molecule has 2 fully saturated rings. The molecule has 2 aliphatic heterocycles. The molecule has 5 rings (SSSR count). The standard InChI is InChI=1S/C21H25N7O3/c1-27-20(24-25-26-27)21(9-3-2-4-10-21)23-14-6-5-13-12-28(19(31)15(13)11-14)16-7-8-17(29)22-18(16)30/h5-6,11,16,23H,2-4,7-10,12H2,1H3,(H,22,29,30). The zero-order chi connectivity index (χ0) is 21.6. The fraction of sp³-hybridized carbons (Fsp3) is 0.524. The van der Waals surface area contributed by atoms with Crippen molar-refractivity contribution in [2.45, 2.75) is 63.1 Å². The van der Waals surface area contributed by atoms with Crippen molar-refractivity contribution >= 4 is 23.4 Å². The second-order valence-electron chi connectivity index (χ2n) is 8.67. The van der Waals surface area contributed by atoms with Crippen LogP contribution >= 0.6 is 0 Å². The molecule has 31 heavy (non-hydrogen) atoms. The summed E-state index contributed by atoms with van der Waals surface area (Å²) in [6.45, 7) is 0.374. The highest BCUT2D eigenvalue weighted by molar-refractivity contribution is 6.05. The Labute approximate surface area is 179 Å². The lowest BCUT2D eigenvalue weighted by Gasteiger charge is -2.37. The minimum absolute atomic E-state index is 0.175. The fourth-order valence-electron chi connectivity index (χ4n) is 5.10. The van der Waals surface area contributed by atoms with E-state index >= 15 is 0 Å². The van der Waals surface area contributed by atoms with E-state index in [0.717, 1.165) is 42.8 Å². The summed E-state index contributed by atoms with van der Waals surface area (Å²) in [5, 5.41) is 18.1. The van der Waals surface area contributed by atoms with Gasteiger partial charge in [-0.1, -0.05) is 25.3 Å². The molecule has 1 aromatic carbocycles. The summed E-state index contributed by atoms with van der Waals surface area (Å²) in [5.74, 6) is -0.0602. The molecule has 1 atom stereocenters. The third kappa shape index (κ3) is 3.35. The molecule has 3 heterocycles. The topological polar surface area (TPSA) is 122 Å². The molecule has 1 aliphatic carbocycles. The van der Waals surface area contributed by atoms with Crippen LogP contribution < -0.4 is 10.6 Å². The second kappa shape index (κ2) is 7.44. The summed E-state index contributed by atoms with van der Waals surface area (Å²) in [5.41, 5.74) is 1.94. The van der Waals surface area contributed by atoms with Crippen molar-refractivity contribution in [1.29, 1.82) is 0 Å². The van der Waals surface area contributed by atoms with E-state index in [1.54, 1.807) is 9.58 Å². The average Bonchev–Trinajstić information content (AvgIpc) is 3.33.